The predicted molar refractivity (Wildman–Crippen MR) is 70.5 cm³/mol. The molecule has 0 fully saturated rings. The van der Waals surface area contributed by atoms with Gasteiger partial charge in [0.25, 0.3) is 0 Å². The van der Waals surface area contributed by atoms with Crippen LogP contribution in [0.4, 0.5) is 0 Å². The molecular formula is C14H23NO2. The molecule has 1 aromatic rings. The van der Waals surface area contributed by atoms with E-state index >= 15 is 0 Å². The number of ether oxygens (including phenoxy) is 1. The molecule has 3 heteroatoms. The summed E-state index contributed by atoms with van der Waals surface area (Å²) in [6.07, 6.45) is 0.935. The number of rotatable bonds is 6. The molecule has 96 valence electrons. The summed E-state index contributed by atoms with van der Waals surface area (Å²) in [5.74, 6) is 0.961. The van der Waals surface area contributed by atoms with Crippen LogP contribution in [0.5, 0.6) is 5.75 Å². The Bertz CT molecular complexity index is 336. The second-order valence-corrected chi connectivity index (χ2v) is 4.43. The predicted octanol–water partition coefficient (Wildman–Crippen LogP) is 2.17. The topological polar surface area (TPSA) is 41.5 Å². The minimum absolute atomic E-state index is 0.178. The van der Waals surface area contributed by atoms with Gasteiger partial charge in [-0.05, 0) is 37.0 Å². The maximum atomic E-state index is 9.11. The average Bonchev–Trinajstić information content (AvgIpc) is 2.30. The van der Waals surface area contributed by atoms with Crippen LogP contribution in [0.25, 0.3) is 0 Å². The number of methoxy groups -OCH3 is 1. The minimum atomic E-state index is 0.178. The maximum Gasteiger partial charge on any atom is 0.124 e. The fourth-order valence-corrected chi connectivity index (χ4v) is 2.06. The van der Waals surface area contributed by atoms with Gasteiger partial charge >= 0.3 is 0 Å². The molecule has 0 aliphatic heterocycles. The Morgan fingerprint density at radius 2 is 1.88 bits per heavy atom. The van der Waals surface area contributed by atoms with Crippen LogP contribution in [0, 0.1) is 13.8 Å². The Kier molecular flexibility index (Phi) is 5.45. The lowest BCUT2D eigenvalue weighted by Gasteiger charge is -2.16. The number of hydrogen-bond donors (Lipinski definition) is 2. The fourth-order valence-electron chi connectivity index (χ4n) is 2.06. The molecule has 0 spiro atoms. The molecule has 1 atom stereocenters. The van der Waals surface area contributed by atoms with Crippen molar-refractivity contribution in [1.29, 1.82) is 0 Å². The lowest BCUT2D eigenvalue weighted by Crippen LogP contribution is -2.31. The summed E-state index contributed by atoms with van der Waals surface area (Å²) in [7, 11) is 1.70. The molecule has 0 saturated carbocycles. The highest BCUT2D eigenvalue weighted by Gasteiger charge is 2.07. The standard InChI is InChI=1S/C14H23NO2/c1-5-13(9-16)15-8-12-6-10(2)14(17-4)11(3)7-12/h6-7,13,15-16H,5,8-9H2,1-4H3. The Labute approximate surface area is 104 Å². The second-order valence-electron chi connectivity index (χ2n) is 4.43. The maximum absolute atomic E-state index is 9.11. The smallest absolute Gasteiger partial charge is 0.124 e. The summed E-state index contributed by atoms with van der Waals surface area (Å²) in [5.41, 5.74) is 3.54. The van der Waals surface area contributed by atoms with Crippen molar-refractivity contribution >= 4 is 0 Å². The Hall–Kier alpha value is -1.06. The van der Waals surface area contributed by atoms with Crippen molar-refractivity contribution in [2.24, 2.45) is 0 Å². The van der Waals surface area contributed by atoms with Gasteiger partial charge in [0.15, 0.2) is 0 Å². The van der Waals surface area contributed by atoms with E-state index in [4.69, 9.17) is 9.84 Å². The number of nitrogens with one attached hydrogen (secondary N) is 1. The summed E-state index contributed by atoms with van der Waals surface area (Å²) < 4.78 is 5.34. The molecule has 0 aromatic heterocycles. The first-order valence-corrected chi connectivity index (χ1v) is 6.10. The van der Waals surface area contributed by atoms with Crippen LogP contribution in [0.2, 0.25) is 0 Å². The molecule has 0 heterocycles. The highest BCUT2D eigenvalue weighted by Crippen LogP contribution is 2.24. The van der Waals surface area contributed by atoms with Crippen LogP contribution in [-0.4, -0.2) is 24.9 Å². The molecule has 0 amide bonds. The van der Waals surface area contributed by atoms with Gasteiger partial charge in [-0.3, -0.25) is 0 Å². The van der Waals surface area contributed by atoms with Crippen LogP contribution < -0.4 is 10.1 Å². The molecule has 1 rings (SSSR count). The van der Waals surface area contributed by atoms with Crippen molar-refractivity contribution in [1.82, 2.24) is 5.32 Å². The zero-order valence-corrected chi connectivity index (χ0v) is 11.2. The normalized spacial score (nSPS) is 12.5. The van der Waals surface area contributed by atoms with E-state index in [1.54, 1.807) is 7.11 Å². The van der Waals surface area contributed by atoms with Crippen molar-refractivity contribution in [3.05, 3.63) is 28.8 Å². The van der Waals surface area contributed by atoms with Crippen LogP contribution in [0.1, 0.15) is 30.0 Å². The fraction of sp³-hybridized carbons (Fsp3) is 0.571. The highest BCUT2D eigenvalue weighted by atomic mass is 16.5. The second kappa shape index (κ2) is 6.62. The molecule has 2 N–H and O–H groups in total. The average molecular weight is 237 g/mol. The van der Waals surface area contributed by atoms with Crippen LogP contribution in [0.15, 0.2) is 12.1 Å². The van der Waals surface area contributed by atoms with Gasteiger partial charge in [0.2, 0.25) is 0 Å². The van der Waals surface area contributed by atoms with Gasteiger partial charge in [-0.25, -0.2) is 0 Å². The number of aliphatic hydroxyl groups is 1. The summed E-state index contributed by atoms with van der Waals surface area (Å²) >= 11 is 0. The van der Waals surface area contributed by atoms with E-state index in [1.807, 2.05) is 0 Å². The zero-order chi connectivity index (χ0) is 12.8. The van der Waals surface area contributed by atoms with Crippen molar-refractivity contribution in [3.63, 3.8) is 0 Å². The quantitative estimate of drug-likeness (QED) is 0.796. The van der Waals surface area contributed by atoms with Crippen LogP contribution >= 0.6 is 0 Å². The van der Waals surface area contributed by atoms with Gasteiger partial charge < -0.3 is 15.2 Å². The van der Waals surface area contributed by atoms with Gasteiger partial charge in [0, 0.05) is 12.6 Å². The summed E-state index contributed by atoms with van der Waals surface area (Å²) in [4.78, 5) is 0. The number of aryl methyl sites for hydroxylation is 2. The minimum Gasteiger partial charge on any atom is -0.496 e. The molecule has 3 nitrogen and oxygen atoms in total. The summed E-state index contributed by atoms with van der Waals surface area (Å²) in [5, 5.41) is 12.4. The Balaban J connectivity index is 2.73. The van der Waals surface area contributed by atoms with Gasteiger partial charge in [-0.1, -0.05) is 19.1 Å². The first-order valence-electron chi connectivity index (χ1n) is 6.10. The third-order valence-corrected chi connectivity index (χ3v) is 3.03. The number of hydrogen-bond acceptors (Lipinski definition) is 3. The molecule has 0 bridgehead atoms. The molecule has 1 aromatic carbocycles. The Morgan fingerprint density at radius 1 is 1.29 bits per heavy atom. The molecular weight excluding hydrogens is 214 g/mol. The van der Waals surface area contributed by atoms with Gasteiger partial charge in [0.1, 0.15) is 5.75 Å². The molecule has 0 aliphatic carbocycles. The molecule has 0 aliphatic rings. The highest BCUT2D eigenvalue weighted by molar-refractivity contribution is 5.43. The summed E-state index contributed by atoms with van der Waals surface area (Å²) in [6.45, 7) is 7.14. The Morgan fingerprint density at radius 3 is 2.29 bits per heavy atom. The van der Waals surface area contributed by atoms with Crippen LogP contribution in [-0.2, 0) is 6.54 Å². The largest absolute Gasteiger partial charge is 0.496 e. The molecule has 0 saturated heterocycles. The van der Waals surface area contributed by atoms with E-state index < -0.39 is 0 Å². The SMILES string of the molecule is CCC(CO)NCc1cc(C)c(OC)c(C)c1. The third-order valence-electron chi connectivity index (χ3n) is 3.03. The van der Waals surface area contributed by atoms with E-state index in [0.717, 1.165) is 29.8 Å². The lowest BCUT2D eigenvalue weighted by molar-refractivity contribution is 0.238. The first-order chi connectivity index (χ1) is 8.12. The number of benzene rings is 1. The molecule has 17 heavy (non-hydrogen) atoms. The van der Waals surface area contributed by atoms with Crippen LogP contribution in [0.3, 0.4) is 0 Å². The zero-order valence-electron chi connectivity index (χ0n) is 11.2. The van der Waals surface area contributed by atoms with E-state index in [9.17, 15) is 0 Å². The number of aliphatic hydroxyl groups excluding tert-OH is 1. The van der Waals surface area contributed by atoms with Gasteiger partial charge in [-0.15, -0.1) is 0 Å². The van der Waals surface area contributed by atoms with E-state index in [1.165, 1.54) is 5.56 Å². The summed E-state index contributed by atoms with van der Waals surface area (Å²) in [6, 6.07) is 4.43. The molecule has 0 radical (unpaired) electrons. The van der Waals surface area contributed by atoms with Crippen molar-refractivity contribution < 1.29 is 9.84 Å². The lowest BCUT2D eigenvalue weighted by atomic mass is 10.1. The van der Waals surface area contributed by atoms with Gasteiger partial charge in [0.05, 0.1) is 13.7 Å². The molecule has 1 unspecified atom stereocenters. The van der Waals surface area contributed by atoms with E-state index in [2.05, 4.69) is 38.2 Å². The van der Waals surface area contributed by atoms with Crippen molar-refractivity contribution in [3.8, 4) is 5.75 Å². The van der Waals surface area contributed by atoms with Crippen molar-refractivity contribution in [2.75, 3.05) is 13.7 Å². The van der Waals surface area contributed by atoms with E-state index in [-0.39, 0.29) is 12.6 Å². The van der Waals surface area contributed by atoms with E-state index in [0.29, 0.717) is 0 Å². The first kappa shape index (κ1) is 14.0. The monoisotopic (exact) mass is 237 g/mol. The van der Waals surface area contributed by atoms with Gasteiger partial charge in [-0.2, -0.15) is 0 Å². The third kappa shape index (κ3) is 3.72. The van der Waals surface area contributed by atoms with Crippen molar-refractivity contribution in [2.45, 2.75) is 39.8 Å².